The van der Waals surface area contributed by atoms with Gasteiger partial charge in [0.05, 0.1) is 20.3 Å². The van der Waals surface area contributed by atoms with Crippen LogP contribution in [0.4, 0.5) is 5.69 Å². The summed E-state index contributed by atoms with van der Waals surface area (Å²) in [6.45, 7) is 5.17. The Balaban J connectivity index is 2.13. The second kappa shape index (κ2) is 11.4. The highest BCUT2D eigenvalue weighted by Crippen LogP contribution is 2.29. The van der Waals surface area contributed by atoms with E-state index in [0.29, 0.717) is 36.0 Å². The van der Waals surface area contributed by atoms with E-state index in [4.69, 9.17) is 14.2 Å². The van der Waals surface area contributed by atoms with Crippen LogP contribution in [-0.4, -0.2) is 26.2 Å². The zero-order valence-electron chi connectivity index (χ0n) is 17.0. The van der Waals surface area contributed by atoms with Gasteiger partial charge in [0.15, 0.2) is 11.5 Å². The number of rotatable bonds is 10. The molecule has 0 aliphatic rings. The van der Waals surface area contributed by atoms with E-state index >= 15 is 0 Å². The maximum absolute atomic E-state index is 12.5. The van der Waals surface area contributed by atoms with Crippen molar-refractivity contribution in [3.05, 3.63) is 53.6 Å². The van der Waals surface area contributed by atoms with Crippen molar-refractivity contribution in [2.24, 2.45) is 0 Å². The van der Waals surface area contributed by atoms with Crippen molar-refractivity contribution >= 4 is 17.7 Å². The highest BCUT2D eigenvalue weighted by atomic mass is 16.5. The molecule has 152 valence electrons. The van der Waals surface area contributed by atoms with Crippen molar-refractivity contribution in [2.45, 2.75) is 26.7 Å². The topological polar surface area (TPSA) is 80.6 Å². The van der Waals surface area contributed by atoms with Crippen LogP contribution in [0.3, 0.4) is 0 Å². The van der Waals surface area contributed by atoms with Gasteiger partial charge in [-0.2, -0.15) is 5.26 Å². The molecule has 0 spiro atoms. The lowest BCUT2D eigenvalue weighted by atomic mass is 10.1. The van der Waals surface area contributed by atoms with Crippen LogP contribution >= 0.6 is 0 Å². The van der Waals surface area contributed by atoms with Crippen LogP contribution in [0.2, 0.25) is 0 Å². The molecule has 6 heteroatoms. The molecule has 0 aliphatic heterocycles. The highest BCUT2D eigenvalue weighted by Gasteiger charge is 2.11. The van der Waals surface area contributed by atoms with Gasteiger partial charge in [0, 0.05) is 5.69 Å². The molecule has 1 amide bonds. The lowest BCUT2D eigenvalue weighted by molar-refractivity contribution is -0.112. The minimum atomic E-state index is -0.487. The Labute approximate surface area is 171 Å². The molecule has 2 aromatic carbocycles. The van der Waals surface area contributed by atoms with Crippen molar-refractivity contribution < 1.29 is 19.0 Å². The molecule has 0 radical (unpaired) electrons. The largest absolute Gasteiger partial charge is 0.494 e. The van der Waals surface area contributed by atoms with E-state index in [9.17, 15) is 10.1 Å². The molecular formula is C23H26N2O4. The Hall–Kier alpha value is -3.46. The molecule has 0 unspecified atom stereocenters. The minimum absolute atomic E-state index is 0.0133. The number of carbonyl (C=O) groups excluding carboxylic acids is 1. The summed E-state index contributed by atoms with van der Waals surface area (Å²) in [5.41, 5.74) is 1.24. The van der Waals surface area contributed by atoms with Gasteiger partial charge in [-0.15, -0.1) is 0 Å². The summed E-state index contributed by atoms with van der Waals surface area (Å²) in [7, 11) is 1.55. The molecule has 2 rings (SSSR count). The normalized spacial score (nSPS) is 10.8. The summed E-state index contributed by atoms with van der Waals surface area (Å²) >= 11 is 0. The summed E-state index contributed by atoms with van der Waals surface area (Å²) in [6.07, 6.45) is 3.51. The molecule has 29 heavy (non-hydrogen) atoms. The fourth-order valence-corrected chi connectivity index (χ4v) is 2.53. The average molecular weight is 394 g/mol. The SMILES string of the molecule is CCCCOc1ccc(C=C(C#N)C(=O)Nc2ccc(OCC)cc2)cc1OC. The minimum Gasteiger partial charge on any atom is -0.494 e. The molecule has 0 saturated heterocycles. The van der Waals surface area contributed by atoms with Crippen LogP contribution in [0, 0.1) is 11.3 Å². The number of nitrogens with zero attached hydrogens (tertiary/aromatic N) is 1. The van der Waals surface area contributed by atoms with E-state index in [1.54, 1.807) is 49.6 Å². The first kappa shape index (κ1) is 21.8. The number of nitrogens with one attached hydrogen (secondary N) is 1. The van der Waals surface area contributed by atoms with Gasteiger partial charge in [-0.25, -0.2) is 0 Å². The van der Waals surface area contributed by atoms with Crippen LogP contribution < -0.4 is 19.5 Å². The molecule has 0 atom stereocenters. The molecule has 0 heterocycles. The molecule has 6 nitrogen and oxygen atoms in total. The Morgan fingerprint density at radius 1 is 1.10 bits per heavy atom. The van der Waals surface area contributed by atoms with Gasteiger partial charge in [0.2, 0.25) is 0 Å². The van der Waals surface area contributed by atoms with Gasteiger partial charge in [-0.05, 0) is 61.4 Å². The van der Waals surface area contributed by atoms with E-state index in [1.807, 2.05) is 13.0 Å². The third-order valence-corrected chi connectivity index (χ3v) is 4.04. The van der Waals surface area contributed by atoms with E-state index < -0.39 is 5.91 Å². The van der Waals surface area contributed by atoms with Crippen LogP contribution in [0.15, 0.2) is 48.0 Å². The van der Waals surface area contributed by atoms with Gasteiger partial charge in [-0.1, -0.05) is 19.4 Å². The third-order valence-electron chi connectivity index (χ3n) is 4.04. The molecule has 0 aliphatic carbocycles. The lowest BCUT2D eigenvalue weighted by Crippen LogP contribution is -2.13. The molecule has 2 aromatic rings. The van der Waals surface area contributed by atoms with Crippen LogP contribution in [0.5, 0.6) is 17.2 Å². The number of nitriles is 1. The number of methoxy groups -OCH3 is 1. The van der Waals surface area contributed by atoms with Crippen LogP contribution in [-0.2, 0) is 4.79 Å². The number of benzene rings is 2. The Bertz CT molecular complexity index is 883. The monoisotopic (exact) mass is 394 g/mol. The summed E-state index contributed by atoms with van der Waals surface area (Å²) in [5.74, 6) is 1.42. The Morgan fingerprint density at radius 2 is 1.86 bits per heavy atom. The lowest BCUT2D eigenvalue weighted by Gasteiger charge is -2.11. The fraction of sp³-hybridized carbons (Fsp3) is 0.304. The van der Waals surface area contributed by atoms with E-state index in [2.05, 4.69) is 12.2 Å². The second-order valence-corrected chi connectivity index (χ2v) is 6.19. The first-order valence-corrected chi connectivity index (χ1v) is 9.58. The van der Waals surface area contributed by atoms with Gasteiger partial charge in [-0.3, -0.25) is 4.79 Å². The predicted octanol–water partition coefficient (Wildman–Crippen LogP) is 4.82. The van der Waals surface area contributed by atoms with Gasteiger partial charge in [0.1, 0.15) is 17.4 Å². The van der Waals surface area contributed by atoms with E-state index in [0.717, 1.165) is 18.6 Å². The van der Waals surface area contributed by atoms with Crippen LogP contribution in [0.25, 0.3) is 6.08 Å². The number of amides is 1. The molecule has 0 saturated carbocycles. The quantitative estimate of drug-likeness (QED) is 0.355. The summed E-state index contributed by atoms with van der Waals surface area (Å²) in [5, 5.41) is 12.1. The smallest absolute Gasteiger partial charge is 0.266 e. The number of hydrogen-bond acceptors (Lipinski definition) is 5. The van der Waals surface area contributed by atoms with Gasteiger partial charge >= 0.3 is 0 Å². The maximum Gasteiger partial charge on any atom is 0.266 e. The molecule has 0 bridgehead atoms. The zero-order chi connectivity index (χ0) is 21.1. The van der Waals surface area contributed by atoms with Crippen LogP contribution in [0.1, 0.15) is 32.3 Å². The first-order chi connectivity index (χ1) is 14.1. The van der Waals surface area contributed by atoms with E-state index in [-0.39, 0.29) is 5.57 Å². The zero-order valence-corrected chi connectivity index (χ0v) is 17.0. The van der Waals surface area contributed by atoms with Gasteiger partial charge < -0.3 is 19.5 Å². The third kappa shape index (κ3) is 6.58. The van der Waals surface area contributed by atoms with Crippen molar-refractivity contribution in [1.82, 2.24) is 0 Å². The Kier molecular flexibility index (Phi) is 8.58. The summed E-state index contributed by atoms with van der Waals surface area (Å²) < 4.78 is 16.5. The van der Waals surface area contributed by atoms with Crippen molar-refractivity contribution in [3.63, 3.8) is 0 Å². The predicted molar refractivity (Wildman–Crippen MR) is 113 cm³/mol. The van der Waals surface area contributed by atoms with Gasteiger partial charge in [0.25, 0.3) is 5.91 Å². The number of anilines is 1. The van der Waals surface area contributed by atoms with E-state index in [1.165, 1.54) is 6.08 Å². The second-order valence-electron chi connectivity index (χ2n) is 6.19. The summed E-state index contributed by atoms with van der Waals surface area (Å²) in [4.78, 5) is 12.5. The molecular weight excluding hydrogens is 368 g/mol. The molecule has 0 fully saturated rings. The number of unbranched alkanes of at least 4 members (excludes halogenated alkanes) is 1. The fourth-order valence-electron chi connectivity index (χ4n) is 2.53. The molecule has 0 aromatic heterocycles. The van der Waals surface area contributed by atoms with Crippen molar-refractivity contribution in [1.29, 1.82) is 5.26 Å². The number of hydrogen-bond donors (Lipinski definition) is 1. The standard InChI is InChI=1S/C23H26N2O4/c1-4-6-13-29-21-12-7-17(15-22(21)27-3)14-18(16-24)23(26)25-19-8-10-20(11-9-19)28-5-2/h7-12,14-15H,4-6,13H2,1-3H3,(H,25,26). The molecule has 1 N–H and O–H groups in total. The number of ether oxygens (including phenoxy) is 3. The average Bonchev–Trinajstić information content (AvgIpc) is 2.74. The summed E-state index contributed by atoms with van der Waals surface area (Å²) in [6, 6.07) is 14.2. The first-order valence-electron chi connectivity index (χ1n) is 9.58. The van der Waals surface area contributed by atoms with Crippen molar-refractivity contribution in [2.75, 3.05) is 25.6 Å². The maximum atomic E-state index is 12.5. The van der Waals surface area contributed by atoms with Crippen molar-refractivity contribution in [3.8, 4) is 23.3 Å². The Morgan fingerprint density at radius 3 is 2.48 bits per heavy atom. The number of carbonyl (C=O) groups is 1. The highest BCUT2D eigenvalue weighted by molar-refractivity contribution is 6.09.